The summed E-state index contributed by atoms with van der Waals surface area (Å²) in [5, 5.41) is 10.4. The van der Waals surface area contributed by atoms with Crippen LogP contribution in [-0.2, 0) is 17.7 Å². The number of hydrogen-bond donors (Lipinski definition) is 2. The molecule has 0 spiro atoms. The van der Waals surface area contributed by atoms with Crippen LogP contribution in [0.4, 0.5) is 0 Å². The van der Waals surface area contributed by atoms with Crippen molar-refractivity contribution in [3.8, 4) is 0 Å². The van der Waals surface area contributed by atoms with E-state index in [1.807, 2.05) is 7.05 Å². The first-order chi connectivity index (χ1) is 14.0. The number of rotatable bonds is 11. The first-order valence-corrected chi connectivity index (χ1v) is 12.1. The fourth-order valence-electron chi connectivity index (χ4n) is 3.78. The van der Waals surface area contributed by atoms with Gasteiger partial charge < -0.3 is 15.4 Å². The lowest BCUT2D eigenvalue weighted by Crippen LogP contribution is -2.43. The summed E-state index contributed by atoms with van der Waals surface area (Å²) in [5.74, 6) is 2.15. The summed E-state index contributed by atoms with van der Waals surface area (Å²) in [6.45, 7) is 14.6. The average molecular weight is 424 g/mol. The van der Waals surface area contributed by atoms with Gasteiger partial charge in [0.1, 0.15) is 0 Å². The molecule has 1 aromatic rings. The number of guanidine groups is 1. The fourth-order valence-corrected chi connectivity index (χ4v) is 4.52. The molecule has 2 N–H and O–H groups in total. The molecule has 0 aliphatic carbocycles. The lowest BCUT2D eigenvalue weighted by molar-refractivity contribution is 0.0258. The Labute approximate surface area is 181 Å². The van der Waals surface area contributed by atoms with E-state index >= 15 is 0 Å². The van der Waals surface area contributed by atoms with Gasteiger partial charge in [0.15, 0.2) is 5.96 Å². The Morgan fingerprint density at radius 3 is 2.66 bits per heavy atom. The molecule has 1 aliphatic heterocycles. The number of piperidine rings is 1. The van der Waals surface area contributed by atoms with Crippen molar-refractivity contribution in [3.63, 3.8) is 0 Å². The highest BCUT2D eigenvalue weighted by atomic mass is 32.1. The Bertz CT molecular complexity index is 596. The third-order valence-corrected chi connectivity index (χ3v) is 6.66. The number of nitrogens with one attached hydrogen (secondary N) is 2. The smallest absolute Gasteiger partial charge is 0.190 e. The van der Waals surface area contributed by atoms with Crippen molar-refractivity contribution < 1.29 is 4.74 Å². The highest BCUT2D eigenvalue weighted by molar-refractivity contribution is 7.09. The van der Waals surface area contributed by atoms with Crippen LogP contribution in [0.5, 0.6) is 0 Å². The third-order valence-electron chi connectivity index (χ3n) is 5.62. The van der Waals surface area contributed by atoms with E-state index in [2.05, 4.69) is 53.6 Å². The second kappa shape index (κ2) is 13.2. The number of nitrogens with zero attached hydrogens (tertiary/aromatic N) is 3. The van der Waals surface area contributed by atoms with Crippen molar-refractivity contribution in [2.24, 2.45) is 16.8 Å². The highest BCUT2D eigenvalue weighted by Crippen LogP contribution is 2.19. The van der Waals surface area contributed by atoms with Gasteiger partial charge in [-0.05, 0) is 57.5 Å². The molecule has 0 aromatic carbocycles. The molecule has 1 saturated heterocycles. The summed E-state index contributed by atoms with van der Waals surface area (Å²) in [6, 6.07) is 0. The lowest BCUT2D eigenvalue weighted by Gasteiger charge is -2.31. The molecule has 166 valence electrons. The van der Waals surface area contributed by atoms with Gasteiger partial charge >= 0.3 is 0 Å². The minimum Gasteiger partial charge on any atom is -0.378 e. The largest absolute Gasteiger partial charge is 0.378 e. The maximum Gasteiger partial charge on any atom is 0.190 e. The van der Waals surface area contributed by atoms with Gasteiger partial charge in [-0.3, -0.25) is 9.89 Å². The summed E-state index contributed by atoms with van der Waals surface area (Å²) in [6.07, 6.45) is 4.81. The molecule has 1 unspecified atom stereocenters. The molecule has 29 heavy (non-hydrogen) atoms. The van der Waals surface area contributed by atoms with Crippen LogP contribution in [0.25, 0.3) is 0 Å². The Balaban J connectivity index is 1.63. The topological polar surface area (TPSA) is 61.8 Å². The molecule has 2 rings (SSSR count). The van der Waals surface area contributed by atoms with Crippen molar-refractivity contribution in [1.82, 2.24) is 20.5 Å². The van der Waals surface area contributed by atoms with E-state index in [0.29, 0.717) is 17.9 Å². The second-order valence-electron chi connectivity index (χ2n) is 8.21. The Hall–Kier alpha value is -1.18. The van der Waals surface area contributed by atoms with Gasteiger partial charge in [0.2, 0.25) is 0 Å². The van der Waals surface area contributed by atoms with Crippen LogP contribution in [0.1, 0.15) is 57.7 Å². The maximum absolute atomic E-state index is 5.83. The molecule has 6 nitrogen and oxygen atoms in total. The summed E-state index contributed by atoms with van der Waals surface area (Å²) in [4.78, 5) is 11.6. The van der Waals surface area contributed by atoms with E-state index < -0.39 is 0 Å². The summed E-state index contributed by atoms with van der Waals surface area (Å²) in [7, 11) is 1.85. The molecular weight excluding hydrogens is 382 g/mol. The molecule has 1 fully saturated rings. The second-order valence-corrected chi connectivity index (χ2v) is 9.15. The zero-order chi connectivity index (χ0) is 21.1. The first kappa shape index (κ1) is 24.1. The molecular formula is C22H41N5OS. The first-order valence-electron chi connectivity index (χ1n) is 11.3. The molecule has 0 saturated carbocycles. The van der Waals surface area contributed by atoms with Gasteiger partial charge in [-0.1, -0.05) is 20.8 Å². The van der Waals surface area contributed by atoms with Crippen LogP contribution < -0.4 is 10.6 Å². The van der Waals surface area contributed by atoms with E-state index in [4.69, 9.17) is 9.72 Å². The number of likely N-dealkylation sites (tertiary alicyclic amines) is 1. The van der Waals surface area contributed by atoms with Crippen molar-refractivity contribution in [1.29, 1.82) is 0 Å². The Morgan fingerprint density at radius 1 is 1.31 bits per heavy atom. The molecule has 1 aliphatic rings. The van der Waals surface area contributed by atoms with E-state index in [9.17, 15) is 0 Å². The fraction of sp³-hybridized carbons (Fsp3) is 0.818. The quantitative estimate of drug-likeness (QED) is 0.421. The molecule has 2 heterocycles. The van der Waals surface area contributed by atoms with Crippen molar-refractivity contribution in [2.75, 3.05) is 39.8 Å². The monoisotopic (exact) mass is 423 g/mol. The van der Waals surface area contributed by atoms with Gasteiger partial charge in [-0.15, -0.1) is 11.3 Å². The number of aromatic nitrogens is 1. The van der Waals surface area contributed by atoms with Crippen molar-refractivity contribution in [2.45, 2.75) is 66.0 Å². The minimum atomic E-state index is 0.307. The van der Waals surface area contributed by atoms with Crippen molar-refractivity contribution >= 4 is 17.3 Å². The molecule has 0 radical (unpaired) electrons. The van der Waals surface area contributed by atoms with Gasteiger partial charge in [-0.25, -0.2) is 4.98 Å². The number of ether oxygens (including phenoxy) is 1. The SMILES string of the molecule is CCOC(CCNC(=NC)NCC1CCN(Cc2csc(CC)n2)CC1)C(C)C. The van der Waals surface area contributed by atoms with Crippen LogP contribution in [-0.4, -0.2) is 61.8 Å². The van der Waals surface area contributed by atoms with Gasteiger partial charge in [0.05, 0.1) is 16.8 Å². The standard InChI is InChI=1S/C22H41N5OS/c1-6-21-26-19(16-29-21)15-27-12-9-18(10-13-27)14-25-22(23-5)24-11-8-20(17(3)4)28-7-2/h16-18,20H,6-15H2,1-5H3,(H2,23,24,25). The summed E-state index contributed by atoms with van der Waals surface area (Å²) >= 11 is 1.79. The molecule has 0 amide bonds. The van der Waals surface area contributed by atoms with Crippen LogP contribution in [0.3, 0.4) is 0 Å². The van der Waals surface area contributed by atoms with E-state index in [1.165, 1.54) is 23.5 Å². The zero-order valence-electron chi connectivity index (χ0n) is 19.0. The number of aliphatic imine (C=N–C) groups is 1. The van der Waals surface area contributed by atoms with Crippen LogP contribution in [0.2, 0.25) is 0 Å². The zero-order valence-corrected chi connectivity index (χ0v) is 19.9. The average Bonchev–Trinajstić information content (AvgIpc) is 3.18. The Morgan fingerprint density at radius 2 is 2.07 bits per heavy atom. The minimum absolute atomic E-state index is 0.307. The van der Waals surface area contributed by atoms with Gasteiger partial charge in [0.25, 0.3) is 0 Å². The molecule has 1 aromatic heterocycles. The lowest BCUT2D eigenvalue weighted by atomic mass is 9.97. The number of hydrogen-bond acceptors (Lipinski definition) is 5. The van der Waals surface area contributed by atoms with E-state index in [1.54, 1.807) is 11.3 Å². The normalized spacial score (nSPS) is 17.7. The summed E-state index contributed by atoms with van der Waals surface area (Å²) in [5.41, 5.74) is 1.24. The van der Waals surface area contributed by atoms with Crippen LogP contribution in [0.15, 0.2) is 10.4 Å². The predicted octanol–water partition coefficient (Wildman–Crippen LogP) is 3.53. The van der Waals surface area contributed by atoms with Gasteiger partial charge in [-0.2, -0.15) is 0 Å². The van der Waals surface area contributed by atoms with Crippen molar-refractivity contribution in [3.05, 3.63) is 16.1 Å². The van der Waals surface area contributed by atoms with E-state index in [-0.39, 0.29) is 0 Å². The third kappa shape index (κ3) is 8.60. The molecule has 1 atom stereocenters. The van der Waals surface area contributed by atoms with Crippen LogP contribution >= 0.6 is 11.3 Å². The number of aryl methyl sites for hydroxylation is 1. The summed E-state index contributed by atoms with van der Waals surface area (Å²) < 4.78 is 5.83. The highest BCUT2D eigenvalue weighted by Gasteiger charge is 2.20. The van der Waals surface area contributed by atoms with E-state index in [0.717, 1.165) is 58.1 Å². The molecule has 0 bridgehead atoms. The predicted molar refractivity (Wildman–Crippen MR) is 124 cm³/mol. The number of thiazole rings is 1. The Kier molecular flexibility index (Phi) is 11.0. The van der Waals surface area contributed by atoms with Crippen LogP contribution in [0, 0.1) is 11.8 Å². The van der Waals surface area contributed by atoms with Gasteiger partial charge in [0, 0.05) is 38.7 Å². The molecule has 7 heteroatoms. The maximum atomic E-state index is 5.83.